The van der Waals surface area contributed by atoms with Crippen molar-refractivity contribution in [3.63, 3.8) is 0 Å². The highest BCUT2D eigenvalue weighted by atomic mass is 79.9. The van der Waals surface area contributed by atoms with Crippen molar-refractivity contribution in [3.05, 3.63) is 34.5 Å². The maximum Gasteiger partial charge on any atom is 0.144 e. The second kappa shape index (κ2) is 4.77. The summed E-state index contributed by atoms with van der Waals surface area (Å²) in [6.07, 6.45) is 0. The normalized spacial score (nSPS) is 9.21. The second-order valence-corrected chi connectivity index (χ2v) is 3.95. The van der Waals surface area contributed by atoms with Crippen LogP contribution in [0.4, 0.5) is 5.82 Å². The van der Waals surface area contributed by atoms with Gasteiger partial charge in [-0.05, 0) is 19.1 Å². The topological polar surface area (TPSA) is 48.7 Å². The van der Waals surface area contributed by atoms with Crippen LogP contribution in [-0.4, -0.2) is 11.5 Å². The van der Waals surface area contributed by atoms with Crippen molar-refractivity contribution in [2.45, 2.75) is 6.92 Å². The number of rotatable bonds is 3. The molecule has 0 aliphatic heterocycles. The van der Waals surface area contributed by atoms with Gasteiger partial charge in [-0.2, -0.15) is 5.26 Å². The molecule has 0 radical (unpaired) electrons. The fourth-order valence-corrected chi connectivity index (χ4v) is 1.10. The van der Waals surface area contributed by atoms with E-state index >= 15 is 0 Å². The van der Waals surface area contributed by atoms with Gasteiger partial charge in [0.2, 0.25) is 0 Å². The average Bonchev–Trinajstić information content (AvgIpc) is 2.15. The fraction of sp³-hybridized carbons (Fsp3) is 0.200. The summed E-state index contributed by atoms with van der Waals surface area (Å²) < 4.78 is 0.824. The Kier molecular flexibility index (Phi) is 3.66. The molecule has 0 aliphatic carbocycles. The van der Waals surface area contributed by atoms with E-state index in [1.807, 2.05) is 13.0 Å². The third kappa shape index (κ3) is 2.86. The lowest BCUT2D eigenvalue weighted by Crippen LogP contribution is -2.05. The van der Waals surface area contributed by atoms with Gasteiger partial charge >= 0.3 is 0 Å². The maximum absolute atomic E-state index is 8.81. The summed E-state index contributed by atoms with van der Waals surface area (Å²) in [6, 6.07) is 5.64. The number of hydrogen-bond acceptors (Lipinski definition) is 3. The van der Waals surface area contributed by atoms with Gasteiger partial charge in [-0.1, -0.05) is 22.5 Å². The molecule has 1 rings (SSSR count). The van der Waals surface area contributed by atoms with Crippen molar-refractivity contribution in [2.24, 2.45) is 0 Å². The molecule has 0 aromatic carbocycles. The fourth-order valence-electron chi connectivity index (χ4n) is 0.961. The molecule has 0 unspecified atom stereocenters. The van der Waals surface area contributed by atoms with E-state index in [1.165, 1.54) is 0 Å². The lowest BCUT2D eigenvalue weighted by atomic mass is 10.2. The summed E-state index contributed by atoms with van der Waals surface area (Å²) in [5.74, 6) is 0.605. The molecule has 1 N–H and O–H groups in total. The zero-order valence-electron chi connectivity index (χ0n) is 7.84. The van der Waals surface area contributed by atoms with Gasteiger partial charge in [-0.15, -0.1) is 0 Å². The highest BCUT2D eigenvalue weighted by Gasteiger charge is 2.02. The summed E-state index contributed by atoms with van der Waals surface area (Å²) in [6.45, 7) is 6.14. The number of aryl methyl sites for hydroxylation is 1. The SMILES string of the molecule is C=C(Br)CNc1nc(C)ccc1C#N. The first-order valence-corrected chi connectivity index (χ1v) is 4.87. The maximum atomic E-state index is 8.81. The number of hydrogen-bond donors (Lipinski definition) is 1. The molecule has 0 saturated heterocycles. The number of nitrogens with zero attached hydrogens (tertiary/aromatic N) is 2. The van der Waals surface area contributed by atoms with E-state index in [-0.39, 0.29) is 0 Å². The largest absolute Gasteiger partial charge is 0.364 e. The monoisotopic (exact) mass is 251 g/mol. The molecule has 0 saturated carbocycles. The minimum absolute atomic E-state index is 0.546. The smallest absolute Gasteiger partial charge is 0.144 e. The Bertz CT molecular complexity index is 393. The predicted molar refractivity (Wildman–Crippen MR) is 60.2 cm³/mol. The Hall–Kier alpha value is -1.34. The molecule has 0 amide bonds. The van der Waals surface area contributed by atoms with Crippen molar-refractivity contribution in [3.8, 4) is 6.07 Å². The van der Waals surface area contributed by atoms with E-state index in [2.05, 4.69) is 38.9 Å². The molecular weight excluding hydrogens is 242 g/mol. The number of aromatic nitrogens is 1. The quantitative estimate of drug-likeness (QED) is 0.899. The van der Waals surface area contributed by atoms with E-state index in [9.17, 15) is 0 Å². The van der Waals surface area contributed by atoms with Gasteiger partial charge in [0.15, 0.2) is 0 Å². The van der Waals surface area contributed by atoms with Gasteiger partial charge in [-0.25, -0.2) is 4.98 Å². The van der Waals surface area contributed by atoms with Crippen molar-refractivity contribution in [2.75, 3.05) is 11.9 Å². The third-order valence-corrected chi connectivity index (χ3v) is 1.88. The molecule has 72 valence electrons. The molecule has 0 bridgehead atoms. The van der Waals surface area contributed by atoms with Gasteiger partial charge in [0.05, 0.1) is 5.56 Å². The number of halogens is 1. The lowest BCUT2D eigenvalue weighted by molar-refractivity contribution is 1.15. The van der Waals surface area contributed by atoms with Crippen LogP contribution in [0.3, 0.4) is 0 Å². The number of pyridine rings is 1. The summed E-state index contributed by atoms with van der Waals surface area (Å²) in [4.78, 5) is 4.22. The van der Waals surface area contributed by atoms with Gasteiger partial charge < -0.3 is 5.32 Å². The summed E-state index contributed by atoms with van der Waals surface area (Å²) in [7, 11) is 0. The highest BCUT2D eigenvalue weighted by Crippen LogP contribution is 2.13. The van der Waals surface area contributed by atoms with E-state index in [1.54, 1.807) is 6.07 Å². The van der Waals surface area contributed by atoms with Crippen LogP contribution in [0.2, 0.25) is 0 Å². The Labute approximate surface area is 91.6 Å². The van der Waals surface area contributed by atoms with Crippen LogP contribution in [0.5, 0.6) is 0 Å². The van der Waals surface area contributed by atoms with Crippen LogP contribution in [-0.2, 0) is 0 Å². The van der Waals surface area contributed by atoms with Crippen LogP contribution in [0.25, 0.3) is 0 Å². The van der Waals surface area contributed by atoms with E-state index < -0.39 is 0 Å². The lowest BCUT2D eigenvalue weighted by Gasteiger charge is -2.06. The number of nitriles is 1. The molecule has 1 aromatic rings. The third-order valence-electron chi connectivity index (χ3n) is 1.60. The molecular formula is C10H10BrN3. The molecule has 4 heteroatoms. The van der Waals surface area contributed by atoms with Crippen LogP contribution >= 0.6 is 15.9 Å². The summed E-state index contributed by atoms with van der Waals surface area (Å²) >= 11 is 3.23. The molecule has 14 heavy (non-hydrogen) atoms. The predicted octanol–water partition coefficient (Wildman–Crippen LogP) is 2.58. The van der Waals surface area contributed by atoms with Gasteiger partial charge in [0.1, 0.15) is 11.9 Å². The average molecular weight is 252 g/mol. The second-order valence-electron chi connectivity index (χ2n) is 2.83. The van der Waals surface area contributed by atoms with Crippen molar-refractivity contribution < 1.29 is 0 Å². The minimum atomic E-state index is 0.546. The first-order valence-electron chi connectivity index (χ1n) is 4.08. The molecule has 0 aliphatic rings. The van der Waals surface area contributed by atoms with Crippen molar-refractivity contribution >= 4 is 21.7 Å². The first-order chi connectivity index (χ1) is 6.63. The molecule has 0 atom stereocenters. The number of anilines is 1. The molecule has 1 aromatic heterocycles. The molecule has 0 fully saturated rings. The molecule has 3 nitrogen and oxygen atoms in total. The highest BCUT2D eigenvalue weighted by molar-refractivity contribution is 9.11. The molecule has 1 heterocycles. The minimum Gasteiger partial charge on any atom is -0.364 e. The van der Waals surface area contributed by atoms with Crippen LogP contribution in [0, 0.1) is 18.3 Å². The summed E-state index contributed by atoms with van der Waals surface area (Å²) in [5.41, 5.74) is 1.43. The Balaban J connectivity index is 2.89. The standard InChI is InChI=1S/C10H10BrN3/c1-7(11)6-13-10-9(5-12)4-3-8(2)14-10/h3-4H,1,6H2,2H3,(H,13,14). The molecule has 0 spiro atoms. The zero-order chi connectivity index (χ0) is 10.6. The van der Waals surface area contributed by atoms with Gasteiger partial charge in [0, 0.05) is 16.7 Å². The van der Waals surface area contributed by atoms with Crippen molar-refractivity contribution in [1.29, 1.82) is 5.26 Å². The van der Waals surface area contributed by atoms with Crippen LogP contribution in [0.1, 0.15) is 11.3 Å². The van der Waals surface area contributed by atoms with E-state index in [4.69, 9.17) is 5.26 Å². The number of nitrogens with one attached hydrogen (secondary N) is 1. The van der Waals surface area contributed by atoms with Crippen LogP contribution < -0.4 is 5.32 Å². The van der Waals surface area contributed by atoms with E-state index in [0.29, 0.717) is 17.9 Å². The summed E-state index contributed by atoms with van der Waals surface area (Å²) in [5, 5.41) is 11.8. The Morgan fingerprint density at radius 3 is 3.00 bits per heavy atom. The Morgan fingerprint density at radius 1 is 1.71 bits per heavy atom. The first kappa shape index (κ1) is 10.7. The van der Waals surface area contributed by atoms with Crippen molar-refractivity contribution in [1.82, 2.24) is 4.98 Å². The van der Waals surface area contributed by atoms with Gasteiger partial charge in [-0.3, -0.25) is 0 Å². The van der Waals surface area contributed by atoms with Crippen LogP contribution in [0.15, 0.2) is 23.2 Å². The Morgan fingerprint density at radius 2 is 2.43 bits per heavy atom. The van der Waals surface area contributed by atoms with E-state index in [0.717, 1.165) is 10.2 Å². The van der Waals surface area contributed by atoms with Gasteiger partial charge in [0.25, 0.3) is 0 Å². The zero-order valence-corrected chi connectivity index (χ0v) is 9.43.